The number of methoxy groups -OCH3 is 2. The molecule has 0 aliphatic carbocycles. The van der Waals surface area contributed by atoms with E-state index in [9.17, 15) is 14.5 Å². The largest absolute Gasteiger partial charge is 0.496 e. The van der Waals surface area contributed by atoms with E-state index in [1.807, 2.05) is 30.3 Å². The van der Waals surface area contributed by atoms with Gasteiger partial charge in [0.2, 0.25) is 0 Å². The van der Waals surface area contributed by atoms with Gasteiger partial charge in [0.1, 0.15) is 35.1 Å². The first-order valence-corrected chi connectivity index (χ1v) is 13.9. The molecule has 0 saturated heterocycles. The maximum absolute atomic E-state index is 14.8. The van der Waals surface area contributed by atoms with Crippen LogP contribution in [0.25, 0.3) is 0 Å². The highest BCUT2D eigenvalue weighted by atomic mass is 16.6. The summed E-state index contributed by atoms with van der Waals surface area (Å²) < 4.78 is 18.3. The number of carbonyl (C=O) groups is 2. The Hall–Kier alpha value is -5.53. The molecule has 0 saturated carbocycles. The van der Waals surface area contributed by atoms with Crippen LogP contribution in [-0.2, 0) is 18.3 Å². The zero-order valence-electron chi connectivity index (χ0n) is 26.5. The second-order valence-electron chi connectivity index (χ2n) is 11.1. The molecule has 0 unspecified atom stereocenters. The molecule has 2 heterocycles. The molecule has 1 N–H and O–H groups in total. The van der Waals surface area contributed by atoms with Crippen molar-refractivity contribution in [3.8, 4) is 11.5 Å². The van der Waals surface area contributed by atoms with Gasteiger partial charge in [0.15, 0.2) is 11.5 Å². The summed E-state index contributed by atoms with van der Waals surface area (Å²) in [6, 6.07) is 11.7. The summed E-state index contributed by atoms with van der Waals surface area (Å²) in [6.07, 6.45) is 1.80. The molecule has 4 aromatic rings. The number of amides is 3. The van der Waals surface area contributed by atoms with E-state index >= 15 is 0 Å². The van der Waals surface area contributed by atoms with Gasteiger partial charge in [-0.3, -0.25) is 9.58 Å². The van der Waals surface area contributed by atoms with E-state index in [4.69, 9.17) is 14.2 Å². The summed E-state index contributed by atoms with van der Waals surface area (Å²) in [7, 11) is 4.63. The molecule has 4 rings (SSSR count). The number of carbonyl (C=O) groups excluding carboxylic acids is 2. The molecule has 236 valence electrons. The minimum Gasteiger partial charge on any atom is -0.496 e. The lowest BCUT2D eigenvalue weighted by molar-refractivity contribution is 0.0594. The summed E-state index contributed by atoms with van der Waals surface area (Å²) in [4.78, 5) is 51.0. The van der Waals surface area contributed by atoms with E-state index in [1.165, 1.54) is 42.4 Å². The number of aryl methyl sites for hydroxylation is 1. The Morgan fingerprint density at radius 3 is 2.22 bits per heavy atom. The average Bonchev–Trinajstić information content (AvgIpc) is 3.36. The van der Waals surface area contributed by atoms with Crippen LogP contribution in [-0.4, -0.2) is 51.7 Å². The molecule has 14 heteroatoms. The lowest BCUT2D eigenvalue weighted by Crippen LogP contribution is -2.49. The van der Waals surface area contributed by atoms with E-state index in [-0.39, 0.29) is 35.4 Å². The number of ether oxygens (including phenoxy) is 3. The molecule has 14 nitrogen and oxygen atoms in total. The average molecular weight is 617 g/mol. The topological polar surface area (TPSA) is 153 Å². The molecule has 2 aromatic carbocycles. The maximum Gasteiger partial charge on any atom is 0.423 e. The van der Waals surface area contributed by atoms with Crippen LogP contribution in [0.4, 0.5) is 38.4 Å². The van der Waals surface area contributed by atoms with Crippen LogP contribution in [0.5, 0.6) is 11.5 Å². The van der Waals surface area contributed by atoms with Crippen molar-refractivity contribution < 1.29 is 23.8 Å². The van der Waals surface area contributed by atoms with Crippen molar-refractivity contribution in [2.45, 2.75) is 46.8 Å². The van der Waals surface area contributed by atoms with Gasteiger partial charge in [-0.15, -0.1) is 4.91 Å². The van der Waals surface area contributed by atoms with E-state index in [0.717, 1.165) is 10.5 Å². The Balaban J connectivity index is 1.89. The van der Waals surface area contributed by atoms with Gasteiger partial charge in [0, 0.05) is 30.3 Å². The van der Waals surface area contributed by atoms with Crippen LogP contribution in [0, 0.1) is 18.8 Å². The van der Waals surface area contributed by atoms with E-state index in [0.29, 0.717) is 22.6 Å². The third-order valence-electron chi connectivity index (χ3n) is 6.64. The third-order valence-corrected chi connectivity index (χ3v) is 6.64. The summed E-state index contributed by atoms with van der Waals surface area (Å²) >= 11 is 0. The lowest BCUT2D eigenvalue weighted by Gasteiger charge is -2.33. The number of anilines is 4. The number of imide groups is 1. The summed E-state index contributed by atoms with van der Waals surface area (Å²) in [5, 5.41) is 10.2. The second-order valence-corrected chi connectivity index (χ2v) is 11.1. The summed E-state index contributed by atoms with van der Waals surface area (Å²) in [5.74, 6) is 1.37. The Bertz CT molecular complexity index is 1670. The van der Waals surface area contributed by atoms with Crippen molar-refractivity contribution >= 4 is 41.0 Å². The molecular formula is C31H36N8O6. The number of aromatic nitrogens is 4. The molecule has 0 bridgehead atoms. The first-order valence-electron chi connectivity index (χ1n) is 13.9. The molecule has 0 atom stereocenters. The fourth-order valence-corrected chi connectivity index (χ4v) is 4.63. The quantitative estimate of drug-likeness (QED) is 0.205. The molecule has 0 aliphatic heterocycles. The third kappa shape index (κ3) is 7.34. The molecule has 0 radical (unpaired) electrons. The Morgan fingerprint density at radius 2 is 1.64 bits per heavy atom. The Kier molecular flexibility index (Phi) is 9.65. The molecule has 0 fully saturated rings. The molecule has 3 amide bonds. The van der Waals surface area contributed by atoms with Crippen molar-refractivity contribution in [3.05, 3.63) is 76.6 Å². The number of hydrogen-bond donors (Lipinski definition) is 1. The maximum atomic E-state index is 14.8. The van der Waals surface area contributed by atoms with E-state index in [2.05, 4.69) is 25.6 Å². The molecular weight excluding hydrogens is 580 g/mol. The zero-order chi connectivity index (χ0) is 32.9. The van der Waals surface area contributed by atoms with Crippen LogP contribution < -0.4 is 24.6 Å². The summed E-state index contributed by atoms with van der Waals surface area (Å²) in [5.41, 5.74) is 1.18. The lowest BCUT2D eigenvalue weighted by atomic mass is 10.1. The van der Waals surface area contributed by atoms with Gasteiger partial charge in [0.25, 0.3) is 0 Å². The predicted octanol–water partition coefficient (Wildman–Crippen LogP) is 6.55. The standard InChI is InChI=1S/C31H36N8O6/c1-19-23(43-7)14-24(44-8)20(2)27(19)39(30(41)45-31(3,4)5)29(40)38(16-21-12-10-9-11-13-21)26-15-25(32-18-33-26)34-28-22(36-42)17-37(6)35-28/h9-15,17-18H,16H2,1-8H3,(H,32,33,34,35). The fourth-order valence-electron chi connectivity index (χ4n) is 4.63. The van der Waals surface area contributed by atoms with E-state index in [1.54, 1.807) is 47.7 Å². The molecule has 0 aliphatic rings. The smallest absolute Gasteiger partial charge is 0.423 e. The van der Waals surface area contributed by atoms with Gasteiger partial charge in [0.05, 0.1) is 32.6 Å². The highest BCUT2D eigenvalue weighted by Crippen LogP contribution is 2.40. The van der Waals surface area contributed by atoms with Gasteiger partial charge in [-0.2, -0.15) is 10.00 Å². The zero-order valence-corrected chi connectivity index (χ0v) is 26.5. The van der Waals surface area contributed by atoms with Gasteiger partial charge >= 0.3 is 12.1 Å². The molecule has 2 aromatic heterocycles. The number of benzene rings is 2. The van der Waals surface area contributed by atoms with Crippen molar-refractivity contribution in [2.75, 3.05) is 29.3 Å². The SMILES string of the molecule is COc1cc(OC)c(C)c(N(C(=O)OC(C)(C)C)C(=O)N(Cc2ccccc2)c2cc(Nc3nn(C)cc3N=O)ncn2)c1C. The number of rotatable bonds is 9. The van der Waals surface area contributed by atoms with Gasteiger partial charge in [-0.05, 0) is 45.4 Å². The molecule has 0 spiro atoms. The van der Waals surface area contributed by atoms with Gasteiger partial charge < -0.3 is 19.5 Å². The first kappa shape index (κ1) is 32.4. The Morgan fingerprint density at radius 1 is 1.00 bits per heavy atom. The van der Waals surface area contributed by atoms with E-state index < -0.39 is 17.7 Å². The highest BCUT2D eigenvalue weighted by molar-refractivity contribution is 6.18. The van der Waals surface area contributed by atoms with Gasteiger partial charge in [-0.25, -0.2) is 19.6 Å². The second kappa shape index (κ2) is 13.4. The minimum atomic E-state index is -0.927. The number of nitrogens with zero attached hydrogens (tertiary/aromatic N) is 7. The number of nitrogens with one attached hydrogen (secondary N) is 1. The van der Waals surface area contributed by atoms with Crippen LogP contribution in [0.1, 0.15) is 37.5 Å². The van der Waals surface area contributed by atoms with Gasteiger partial charge in [-0.1, -0.05) is 30.3 Å². The van der Waals surface area contributed by atoms with Crippen LogP contribution in [0.3, 0.4) is 0 Å². The number of nitroso groups, excluding NO2 is 1. The number of urea groups is 1. The van der Waals surface area contributed by atoms with Crippen molar-refractivity contribution in [1.29, 1.82) is 0 Å². The molecule has 45 heavy (non-hydrogen) atoms. The van der Waals surface area contributed by atoms with Crippen LogP contribution in [0.2, 0.25) is 0 Å². The number of hydrogen-bond acceptors (Lipinski definition) is 11. The Labute approximate surface area is 260 Å². The minimum absolute atomic E-state index is 0.0271. The normalized spacial score (nSPS) is 11.0. The van der Waals surface area contributed by atoms with Crippen molar-refractivity contribution in [1.82, 2.24) is 19.7 Å². The van der Waals surface area contributed by atoms with Crippen molar-refractivity contribution in [2.24, 2.45) is 12.2 Å². The predicted molar refractivity (Wildman–Crippen MR) is 170 cm³/mol. The first-order chi connectivity index (χ1) is 21.4. The monoisotopic (exact) mass is 616 g/mol. The van der Waals surface area contributed by atoms with Crippen molar-refractivity contribution in [3.63, 3.8) is 0 Å². The summed E-state index contributed by atoms with van der Waals surface area (Å²) in [6.45, 7) is 8.65. The van der Waals surface area contributed by atoms with Crippen LogP contribution >= 0.6 is 0 Å². The fraction of sp³-hybridized carbons (Fsp3) is 0.323. The van der Waals surface area contributed by atoms with Crippen LogP contribution in [0.15, 0.2) is 60.2 Å². The highest BCUT2D eigenvalue weighted by Gasteiger charge is 2.37.